The molecule has 0 saturated heterocycles. The number of nitrogen functional groups attached to an aromatic ring is 1. The molecule has 0 fully saturated rings. The van der Waals surface area contributed by atoms with E-state index in [1.807, 2.05) is 31.2 Å². The highest BCUT2D eigenvalue weighted by Crippen LogP contribution is 2.25. The Kier molecular flexibility index (Phi) is 4.36. The molecule has 0 unspecified atom stereocenters. The summed E-state index contributed by atoms with van der Waals surface area (Å²) < 4.78 is 5.30. The standard InChI is InChI=1S/C14H19N3O/c1-2-18-10-4-9-16-13-7-6-12(15)11-5-3-8-17-14(11)13/h3,5-8,16H,2,4,9-10,15H2,1H3. The molecule has 0 aliphatic carbocycles. The van der Waals surface area contributed by atoms with Gasteiger partial charge >= 0.3 is 0 Å². The van der Waals surface area contributed by atoms with Gasteiger partial charge in [-0.15, -0.1) is 0 Å². The average Bonchev–Trinajstić information content (AvgIpc) is 2.41. The molecule has 4 heteroatoms. The van der Waals surface area contributed by atoms with Crippen LogP contribution in [0.2, 0.25) is 0 Å². The minimum atomic E-state index is 0.762. The Bertz CT molecular complexity index is 513. The summed E-state index contributed by atoms with van der Waals surface area (Å²) in [5.41, 5.74) is 8.64. The molecule has 0 spiro atoms. The number of hydrogen-bond donors (Lipinski definition) is 2. The second-order valence-electron chi connectivity index (χ2n) is 4.08. The highest BCUT2D eigenvalue weighted by atomic mass is 16.5. The third-order valence-corrected chi connectivity index (χ3v) is 2.79. The number of nitrogens with one attached hydrogen (secondary N) is 1. The first-order chi connectivity index (χ1) is 8.83. The zero-order chi connectivity index (χ0) is 12.8. The number of aromatic nitrogens is 1. The fraction of sp³-hybridized carbons (Fsp3) is 0.357. The van der Waals surface area contributed by atoms with Gasteiger partial charge in [-0.25, -0.2) is 0 Å². The van der Waals surface area contributed by atoms with E-state index in [2.05, 4.69) is 10.3 Å². The summed E-state index contributed by atoms with van der Waals surface area (Å²) in [4.78, 5) is 4.38. The van der Waals surface area contributed by atoms with Crippen molar-refractivity contribution in [2.45, 2.75) is 13.3 Å². The van der Waals surface area contributed by atoms with Crippen LogP contribution < -0.4 is 11.1 Å². The van der Waals surface area contributed by atoms with Gasteiger partial charge in [-0.3, -0.25) is 4.98 Å². The van der Waals surface area contributed by atoms with Gasteiger partial charge < -0.3 is 15.8 Å². The Hall–Kier alpha value is -1.81. The van der Waals surface area contributed by atoms with Crippen LogP contribution in [0.1, 0.15) is 13.3 Å². The second-order valence-corrected chi connectivity index (χ2v) is 4.08. The zero-order valence-electron chi connectivity index (χ0n) is 10.6. The molecule has 0 aliphatic heterocycles. The number of pyridine rings is 1. The lowest BCUT2D eigenvalue weighted by Crippen LogP contribution is -2.06. The summed E-state index contributed by atoms with van der Waals surface area (Å²) >= 11 is 0. The van der Waals surface area contributed by atoms with Crippen LogP contribution in [0.25, 0.3) is 10.9 Å². The summed E-state index contributed by atoms with van der Waals surface area (Å²) in [5, 5.41) is 4.37. The maximum atomic E-state index is 5.93. The van der Waals surface area contributed by atoms with Crippen molar-refractivity contribution in [1.29, 1.82) is 0 Å². The zero-order valence-corrected chi connectivity index (χ0v) is 10.6. The highest BCUT2D eigenvalue weighted by Gasteiger charge is 2.03. The predicted molar refractivity (Wildman–Crippen MR) is 75.8 cm³/mol. The Labute approximate surface area is 107 Å². The van der Waals surface area contributed by atoms with Crippen LogP contribution in [-0.2, 0) is 4.74 Å². The first-order valence-electron chi connectivity index (χ1n) is 6.27. The van der Waals surface area contributed by atoms with Crippen LogP contribution in [0.3, 0.4) is 0 Å². The fourth-order valence-corrected chi connectivity index (χ4v) is 1.88. The molecule has 4 nitrogen and oxygen atoms in total. The van der Waals surface area contributed by atoms with Crippen molar-refractivity contribution >= 4 is 22.3 Å². The van der Waals surface area contributed by atoms with Crippen LogP contribution in [-0.4, -0.2) is 24.7 Å². The molecule has 2 aromatic rings. The number of rotatable bonds is 6. The number of fused-ring (bicyclic) bond motifs is 1. The van der Waals surface area contributed by atoms with Gasteiger partial charge in [0.15, 0.2) is 0 Å². The van der Waals surface area contributed by atoms with Crippen LogP contribution in [0.5, 0.6) is 0 Å². The molecule has 18 heavy (non-hydrogen) atoms. The highest BCUT2D eigenvalue weighted by molar-refractivity contribution is 5.98. The molecule has 1 heterocycles. The summed E-state index contributed by atoms with van der Waals surface area (Å²) in [5.74, 6) is 0. The molecule has 0 aliphatic rings. The van der Waals surface area contributed by atoms with Crippen LogP contribution in [0.4, 0.5) is 11.4 Å². The van der Waals surface area contributed by atoms with Gasteiger partial charge in [0.25, 0.3) is 0 Å². The minimum absolute atomic E-state index is 0.762. The van der Waals surface area contributed by atoms with Gasteiger partial charge in [0.2, 0.25) is 0 Å². The fourth-order valence-electron chi connectivity index (χ4n) is 1.88. The molecular formula is C14H19N3O. The number of anilines is 2. The van der Waals surface area contributed by atoms with Crippen molar-refractivity contribution in [3.05, 3.63) is 30.5 Å². The van der Waals surface area contributed by atoms with Gasteiger partial charge in [-0.05, 0) is 37.6 Å². The van der Waals surface area contributed by atoms with Gasteiger partial charge in [-0.1, -0.05) is 0 Å². The van der Waals surface area contributed by atoms with E-state index in [9.17, 15) is 0 Å². The number of nitrogens with zero attached hydrogens (tertiary/aromatic N) is 1. The normalized spacial score (nSPS) is 10.7. The van der Waals surface area contributed by atoms with E-state index in [0.29, 0.717) is 0 Å². The van der Waals surface area contributed by atoms with Gasteiger partial charge in [0.1, 0.15) is 0 Å². The molecule has 0 bridgehead atoms. The van der Waals surface area contributed by atoms with Crippen molar-refractivity contribution in [1.82, 2.24) is 4.98 Å². The molecule has 0 amide bonds. The number of nitrogens with two attached hydrogens (primary N) is 1. The lowest BCUT2D eigenvalue weighted by molar-refractivity contribution is 0.147. The molecule has 96 valence electrons. The van der Waals surface area contributed by atoms with Crippen molar-refractivity contribution in [2.75, 3.05) is 30.8 Å². The van der Waals surface area contributed by atoms with Crippen molar-refractivity contribution in [3.63, 3.8) is 0 Å². The summed E-state index contributed by atoms with van der Waals surface area (Å²) in [6.07, 6.45) is 2.76. The lowest BCUT2D eigenvalue weighted by Gasteiger charge is -2.10. The monoisotopic (exact) mass is 245 g/mol. The molecule has 1 aromatic carbocycles. The second kappa shape index (κ2) is 6.21. The molecular weight excluding hydrogens is 226 g/mol. The topological polar surface area (TPSA) is 60.2 Å². The summed E-state index contributed by atoms with van der Waals surface area (Å²) in [6.45, 7) is 4.43. The van der Waals surface area contributed by atoms with E-state index >= 15 is 0 Å². The van der Waals surface area contributed by atoms with Gasteiger partial charge in [0, 0.05) is 37.0 Å². The molecule has 0 saturated carbocycles. The molecule has 1 aromatic heterocycles. The maximum absolute atomic E-state index is 5.93. The van der Waals surface area contributed by atoms with Crippen molar-refractivity contribution in [3.8, 4) is 0 Å². The van der Waals surface area contributed by atoms with E-state index in [1.54, 1.807) is 6.20 Å². The Morgan fingerprint density at radius 2 is 2.22 bits per heavy atom. The van der Waals surface area contributed by atoms with E-state index in [-0.39, 0.29) is 0 Å². The first kappa shape index (κ1) is 12.6. The quantitative estimate of drug-likeness (QED) is 0.606. The number of ether oxygens (including phenoxy) is 1. The Morgan fingerprint density at radius 1 is 1.33 bits per heavy atom. The first-order valence-corrected chi connectivity index (χ1v) is 6.27. The van der Waals surface area contributed by atoms with Crippen LogP contribution in [0, 0.1) is 0 Å². The van der Waals surface area contributed by atoms with E-state index in [1.165, 1.54) is 0 Å². The Balaban J connectivity index is 2.07. The minimum Gasteiger partial charge on any atom is -0.398 e. The summed E-state index contributed by atoms with van der Waals surface area (Å²) in [6, 6.07) is 7.78. The Morgan fingerprint density at radius 3 is 3.06 bits per heavy atom. The van der Waals surface area contributed by atoms with Crippen molar-refractivity contribution in [2.24, 2.45) is 0 Å². The number of benzene rings is 1. The third-order valence-electron chi connectivity index (χ3n) is 2.79. The SMILES string of the molecule is CCOCCCNc1ccc(N)c2cccnc12. The largest absolute Gasteiger partial charge is 0.398 e. The molecule has 0 atom stereocenters. The van der Waals surface area contributed by atoms with E-state index < -0.39 is 0 Å². The number of hydrogen-bond acceptors (Lipinski definition) is 4. The van der Waals surface area contributed by atoms with E-state index in [0.717, 1.165) is 48.5 Å². The lowest BCUT2D eigenvalue weighted by atomic mass is 10.1. The molecule has 2 rings (SSSR count). The maximum Gasteiger partial charge on any atom is 0.0953 e. The average molecular weight is 245 g/mol. The van der Waals surface area contributed by atoms with E-state index in [4.69, 9.17) is 10.5 Å². The third kappa shape index (κ3) is 2.90. The summed E-state index contributed by atoms with van der Waals surface area (Å²) in [7, 11) is 0. The van der Waals surface area contributed by atoms with Crippen LogP contribution in [0.15, 0.2) is 30.5 Å². The van der Waals surface area contributed by atoms with Crippen LogP contribution >= 0.6 is 0 Å². The molecule has 3 N–H and O–H groups in total. The smallest absolute Gasteiger partial charge is 0.0953 e. The predicted octanol–water partition coefficient (Wildman–Crippen LogP) is 2.66. The van der Waals surface area contributed by atoms with Gasteiger partial charge in [-0.2, -0.15) is 0 Å². The van der Waals surface area contributed by atoms with Gasteiger partial charge in [0.05, 0.1) is 11.2 Å². The van der Waals surface area contributed by atoms with Crippen molar-refractivity contribution < 1.29 is 4.74 Å². The molecule has 0 radical (unpaired) electrons.